The van der Waals surface area contributed by atoms with Crippen LogP contribution in [-0.4, -0.2) is 24.4 Å². The molecule has 2 rings (SSSR count). The fourth-order valence-electron chi connectivity index (χ4n) is 2.83. The maximum Gasteiger partial charge on any atom is 0.223 e. The Morgan fingerprint density at radius 2 is 2.19 bits per heavy atom. The van der Waals surface area contributed by atoms with Crippen LogP contribution in [0.5, 0.6) is 5.75 Å². The first-order chi connectivity index (χ1) is 10.2. The summed E-state index contributed by atoms with van der Waals surface area (Å²) in [5.74, 6) is 1.93. The van der Waals surface area contributed by atoms with Crippen LogP contribution in [0, 0.1) is 12.8 Å². The van der Waals surface area contributed by atoms with Crippen molar-refractivity contribution in [2.24, 2.45) is 5.92 Å². The van der Waals surface area contributed by atoms with Gasteiger partial charge in [0, 0.05) is 11.9 Å². The van der Waals surface area contributed by atoms with E-state index in [1.807, 2.05) is 31.2 Å². The molecule has 0 heterocycles. The van der Waals surface area contributed by atoms with Gasteiger partial charge in [0.25, 0.3) is 0 Å². The molecule has 0 radical (unpaired) electrons. The number of ether oxygens (including phenoxy) is 1. The Labute approximate surface area is 132 Å². The van der Waals surface area contributed by atoms with E-state index in [1.165, 1.54) is 12.8 Å². The topological polar surface area (TPSA) is 38.3 Å². The molecule has 0 aliphatic heterocycles. The number of alkyl halides is 1. The lowest BCUT2D eigenvalue weighted by Crippen LogP contribution is -2.43. The van der Waals surface area contributed by atoms with Crippen LogP contribution in [0.4, 0.5) is 0 Å². The molecule has 1 amide bonds. The number of rotatable bonds is 6. The fourth-order valence-corrected chi connectivity index (χ4v) is 3.20. The SMILES string of the molecule is Cc1cccc(OCCC(=O)NC2CCCCC2CCl)c1. The molecule has 2 atom stereocenters. The van der Waals surface area contributed by atoms with Gasteiger partial charge in [0.2, 0.25) is 5.91 Å². The van der Waals surface area contributed by atoms with Crippen LogP contribution in [0.3, 0.4) is 0 Å². The van der Waals surface area contributed by atoms with Crippen molar-refractivity contribution in [3.63, 3.8) is 0 Å². The third-order valence-corrected chi connectivity index (χ3v) is 4.44. The van der Waals surface area contributed by atoms with Gasteiger partial charge in [-0.25, -0.2) is 0 Å². The largest absolute Gasteiger partial charge is 0.493 e. The molecule has 1 fully saturated rings. The maximum atomic E-state index is 12.0. The van der Waals surface area contributed by atoms with Crippen LogP contribution >= 0.6 is 11.6 Å². The zero-order valence-electron chi connectivity index (χ0n) is 12.6. The minimum absolute atomic E-state index is 0.0599. The zero-order valence-corrected chi connectivity index (χ0v) is 13.4. The van der Waals surface area contributed by atoms with E-state index in [-0.39, 0.29) is 11.9 Å². The Bertz CT molecular complexity index is 464. The molecule has 116 valence electrons. The molecule has 3 nitrogen and oxygen atoms in total. The molecule has 1 aromatic rings. The highest BCUT2D eigenvalue weighted by molar-refractivity contribution is 6.18. The van der Waals surface area contributed by atoms with E-state index < -0.39 is 0 Å². The van der Waals surface area contributed by atoms with Crippen LogP contribution in [0.25, 0.3) is 0 Å². The van der Waals surface area contributed by atoms with Gasteiger partial charge < -0.3 is 10.1 Å². The van der Waals surface area contributed by atoms with E-state index >= 15 is 0 Å². The third kappa shape index (κ3) is 5.24. The average molecular weight is 310 g/mol. The van der Waals surface area contributed by atoms with E-state index in [9.17, 15) is 4.79 Å². The highest BCUT2D eigenvalue weighted by atomic mass is 35.5. The lowest BCUT2D eigenvalue weighted by atomic mass is 9.86. The van der Waals surface area contributed by atoms with Crippen LogP contribution in [0.2, 0.25) is 0 Å². The minimum atomic E-state index is 0.0599. The molecule has 1 saturated carbocycles. The molecule has 0 aromatic heterocycles. The molecule has 1 aliphatic rings. The lowest BCUT2D eigenvalue weighted by molar-refractivity contribution is -0.122. The van der Waals surface area contributed by atoms with Gasteiger partial charge in [0.1, 0.15) is 5.75 Å². The van der Waals surface area contributed by atoms with Gasteiger partial charge in [-0.05, 0) is 43.4 Å². The first-order valence-corrected chi connectivity index (χ1v) is 8.27. The molecule has 0 saturated heterocycles. The highest BCUT2D eigenvalue weighted by Crippen LogP contribution is 2.25. The van der Waals surface area contributed by atoms with Gasteiger partial charge in [0.05, 0.1) is 13.0 Å². The molecule has 4 heteroatoms. The summed E-state index contributed by atoms with van der Waals surface area (Å²) >= 11 is 5.98. The molecule has 0 bridgehead atoms. The van der Waals surface area contributed by atoms with Gasteiger partial charge in [-0.3, -0.25) is 4.79 Å². The molecule has 1 aromatic carbocycles. The van der Waals surface area contributed by atoms with Crippen LogP contribution < -0.4 is 10.1 Å². The molecule has 2 unspecified atom stereocenters. The van der Waals surface area contributed by atoms with E-state index in [1.54, 1.807) is 0 Å². The Balaban J connectivity index is 1.72. The van der Waals surface area contributed by atoms with Crippen molar-refractivity contribution < 1.29 is 9.53 Å². The van der Waals surface area contributed by atoms with Crippen molar-refractivity contribution in [2.45, 2.75) is 45.1 Å². The van der Waals surface area contributed by atoms with Gasteiger partial charge in [-0.15, -0.1) is 11.6 Å². The second-order valence-electron chi connectivity index (χ2n) is 5.79. The Morgan fingerprint density at radius 3 is 2.95 bits per heavy atom. The number of benzene rings is 1. The Hall–Kier alpha value is -1.22. The van der Waals surface area contributed by atoms with E-state index in [4.69, 9.17) is 16.3 Å². The fraction of sp³-hybridized carbons (Fsp3) is 0.588. The van der Waals surface area contributed by atoms with Crippen LogP contribution in [-0.2, 0) is 4.79 Å². The summed E-state index contributed by atoms with van der Waals surface area (Å²) in [6.45, 7) is 2.43. The average Bonchev–Trinajstić information content (AvgIpc) is 2.48. The van der Waals surface area contributed by atoms with E-state index in [0.29, 0.717) is 24.8 Å². The lowest BCUT2D eigenvalue weighted by Gasteiger charge is -2.30. The Morgan fingerprint density at radius 1 is 1.38 bits per heavy atom. The molecule has 21 heavy (non-hydrogen) atoms. The van der Waals surface area contributed by atoms with Gasteiger partial charge in [0.15, 0.2) is 0 Å². The van der Waals surface area contributed by atoms with Crippen molar-refractivity contribution in [3.05, 3.63) is 29.8 Å². The first kappa shape index (κ1) is 16.2. The van der Waals surface area contributed by atoms with Crippen molar-refractivity contribution >= 4 is 17.5 Å². The third-order valence-electron chi connectivity index (χ3n) is 4.04. The van der Waals surface area contributed by atoms with Crippen molar-refractivity contribution in [1.29, 1.82) is 0 Å². The minimum Gasteiger partial charge on any atom is -0.493 e. The normalized spacial score (nSPS) is 21.8. The number of halogens is 1. The van der Waals surface area contributed by atoms with Crippen molar-refractivity contribution in [3.8, 4) is 5.75 Å². The predicted molar refractivity (Wildman–Crippen MR) is 85.9 cm³/mol. The molecule has 1 N–H and O–H groups in total. The number of aryl methyl sites for hydroxylation is 1. The van der Waals surface area contributed by atoms with Gasteiger partial charge in [-0.2, -0.15) is 0 Å². The Kier molecular flexibility index (Phi) is 6.37. The second kappa shape index (κ2) is 8.28. The molecule has 0 spiro atoms. The summed E-state index contributed by atoms with van der Waals surface area (Å²) in [4.78, 5) is 12.0. The quantitative estimate of drug-likeness (QED) is 0.814. The standard InChI is InChI=1S/C17H24ClNO2/c1-13-5-4-7-15(11-13)21-10-9-17(20)19-16-8-3-2-6-14(16)12-18/h4-5,7,11,14,16H,2-3,6,8-10,12H2,1H3,(H,19,20). The summed E-state index contributed by atoms with van der Waals surface area (Å²) < 4.78 is 5.61. The summed E-state index contributed by atoms with van der Waals surface area (Å²) in [5.41, 5.74) is 1.16. The van der Waals surface area contributed by atoms with Gasteiger partial charge in [-0.1, -0.05) is 25.0 Å². The molecular weight excluding hydrogens is 286 g/mol. The van der Waals surface area contributed by atoms with E-state index in [0.717, 1.165) is 24.2 Å². The number of hydrogen-bond donors (Lipinski definition) is 1. The molecular formula is C17H24ClNO2. The maximum absolute atomic E-state index is 12.0. The highest BCUT2D eigenvalue weighted by Gasteiger charge is 2.25. The first-order valence-electron chi connectivity index (χ1n) is 7.74. The number of nitrogens with one attached hydrogen (secondary N) is 1. The second-order valence-corrected chi connectivity index (χ2v) is 6.10. The van der Waals surface area contributed by atoms with E-state index in [2.05, 4.69) is 5.32 Å². The van der Waals surface area contributed by atoms with Crippen LogP contribution in [0.1, 0.15) is 37.7 Å². The summed E-state index contributed by atoms with van der Waals surface area (Å²) in [7, 11) is 0. The number of hydrogen-bond acceptors (Lipinski definition) is 2. The zero-order chi connectivity index (χ0) is 15.1. The van der Waals surface area contributed by atoms with Crippen molar-refractivity contribution in [1.82, 2.24) is 5.32 Å². The summed E-state index contributed by atoms with van der Waals surface area (Å²) in [6, 6.07) is 8.10. The predicted octanol–water partition coefficient (Wildman–Crippen LogP) is 3.68. The summed E-state index contributed by atoms with van der Waals surface area (Å²) in [5, 5.41) is 3.11. The smallest absolute Gasteiger partial charge is 0.223 e. The van der Waals surface area contributed by atoms with Crippen molar-refractivity contribution in [2.75, 3.05) is 12.5 Å². The molecule has 1 aliphatic carbocycles. The number of carbonyl (C=O) groups is 1. The monoisotopic (exact) mass is 309 g/mol. The van der Waals surface area contributed by atoms with Gasteiger partial charge >= 0.3 is 0 Å². The summed E-state index contributed by atoms with van der Waals surface area (Å²) in [6.07, 6.45) is 4.95. The number of carbonyl (C=O) groups excluding carboxylic acids is 1. The van der Waals surface area contributed by atoms with Crippen LogP contribution in [0.15, 0.2) is 24.3 Å². The number of amides is 1.